The first-order valence-electron chi connectivity index (χ1n) is 12.8. The number of para-hydroxylation sites is 1. The number of imidazole rings is 1. The molecule has 1 aliphatic rings. The van der Waals surface area contributed by atoms with Gasteiger partial charge in [-0.15, -0.1) is 0 Å². The molecule has 1 aliphatic heterocycles. The fourth-order valence-electron chi connectivity index (χ4n) is 4.37. The van der Waals surface area contributed by atoms with Gasteiger partial charge in [0, 0.05) is 22.4 Å². The van der Waals surface area contributed by atoms with Crippen molar-refractivity contribution in [3.63, 3.8) is 0 Å². The molecule has 0 bridgehead atoms. The number of aromatic amines is 1. The van der Waals surface area contributed by atoms with E-state index in [1.807, 2.05) is 98.6 Å². The number of nitrogen functional groups attached to an aromatic ring is 1. The fraction of sp³-hybridized carbons (Fsp3) is 0.0938. The Bertz CT molecular complexity index is 1680. The summed E-state index contributed by atoms with van der Waals surface area (Å²) in [5.41, 5.74) is 18.9. The summed E-state index contributed by atoms with van der Waals surface area (Å²) in [4.78, 5) is 46.9. The van der Waals surface area contributed by atoms with Gasteiger partial charge in [0.05, 0.1) is 35.3 Å². The molecule has 1 amide bonds. The second-order valence-corrected chi connectivity index (χ2v) is 9.20. The molecule has 5 aromatic rings. The van der Waals surface area contributed by atoms with E-state index in [0.717, 1.165) is 33.4 Å². The minimum absolute atomic E-state index is 0.0931. The van der Waals surface area contributed by atoms with E-state index in [-0.39, 0.29) is 12.3 Å². The van der Waals surface area contributed by atoms with Crippen LogP contribution in [0, 0.1) is 6.92 Å². The number of carbonyl (C=O) groups excluding carboxylic acids is 3. The molecule has 1 aromatic heterocycles. The molecule has 0 saturated heterocycles. The van der Waals surface area contributed by atoms with Crippen LogP contribution in [0.5, 0.6) is 0 Å². The molecule has 6 rings (SSSR count). The van der Waals surface area contributed by atoms with E-state index in [0.29, 0.717) is 17.0 Å². The predicted molar refractivity (Wildman–Crippen MR) is 162 cm³/mol. The van der Waals surface area contributed by atoms with Crippen molar-refractivity contribution in [1.29, 1.82) is 0 Å². The van der Waals surface area contributed by atoms with Gasteiger partial charge in [0.1, 0.15) is 6.79 Å². The van der Waals surface area contributed by atoms with Crippen LogP contribution in [0.1, 0.15) is 27.0 Å². The normalized spacial score (nSPS) is 14.0. The molecular weight excluding hydrogens is 516 g/mol. The standard InChI is InChI=1S/C24H21N3O2.C7H7N3.CH2O/c1-16-11-13-17(14-12-16)21(28)15-27-20-10-6-5-9-19(20)22(26-23(25)24(27)29)18-7-3-2-4-8-18;8-5-1-2-6-7(3-5)10-4-9-6;1-2/h2-14,23H,15,25H2,1H3;1-4H,8H2,(H,9,10);1H2. The van der Waals surface area contributed by atoms with E-state index >= 15 is 0 Å². The van der Waals surface area contributed by atoms with Crippen LogP contribution in [0.15, 0.2) is 108 Å². The summed E-state index contributed by atoms with van der Waals surface area (Å²) >= 11 is 0. The SMILES string of the molecule is C=O.Cc1ccc(C(=O)CN2C(=O)C(N)N=C(c3ccccc3)c3ccccc32)cc1.Nc1ccc2nc[nH]c2c1. The van der Waals surface area contributed by atoms with Gasteiger partial charge in [-0.3, -0.25) is 14.6 Å². The van der Waals surface area contributed by atoms with Gasteiger partial charge in [-0.1, -0.05) is 78.4 Å². The lowest BCUT2D eigenvalue weighted by atomic mass is 10.00. The third-order valence-electron chi connectivity index (χ3n) is 6.40. The largest absolute Gasteiger partial charge is 0.399 e. The monoisotopic (exact) mass is 546 g/mol. The minimum atomic E-state index is -1.08. The number of H-pyrrole nitrogens is 1. The van der Waals surface area contributed by atoms with Gasteiger partial charge in [-0.05, 0) is 31.2 Å². The summed E-state index contributed by atoms with van der Waals surface area (Å²) in [7, 11) is 0. The van der Waals surface area contributed by atoms with Crippen molar-refractivity contribution in [3.8, 4) is 0 Å². The molecule has 1 unspecified atom stereocenters. The highest BCUT2D eigenvalue weighted by Crippen LogP contribution is 2.28. The third kappa shape index (κ3) is 6.60. The van der Waals surface area contributed by atoms with Gasteiger partial charge in [0.25, 0.3) is 5.91 Å². The Morgan fingerprint density at radius 2 is 1.63 bits per heavy atom. The number of hydrogen-bond donors (Lipinski definition) is 3. The number of fused-ring (bicyclic) bond motifs is 2. The zero-order valence-electron chi connectivity index (χ0n) is 22.5. The van der Waals surface area contributed by atoms with Crippen molar-refractivity contribution in [2.45, 2.75) is 13.1 Å². The number of hydrogen-bond acceptors (Lipinski definition) is 7. The first kappa shape index (κ1) is 28.6. The lowest BCUT2D eigenvalue weighted by Crippen LogP contribution is -2.44. The molecule has 9 nitrogen and oxygen atoms in total. The number of aryl methyl sites for hydroxylation is 1. The van der Waals surface area contributed by atoms with E-state index in [1.54, 1.807) is 18.5 Å². The van der Waals surface area contributed by atoms with Crippen LogP contribution in [0.3, 0.4) is 0 Å². The van der Waals surface area contributed by atoms with Crippen LogP contribution in [0.4, 0.5) is 11.4 Å². The number of carbonyl (C=O) groups is 3. The third-order valence-corrected chi connectivity index (χ3v) is 6.40. The van der Waals surface area contributed by atoms with Crippen LogP contribution < -0.4 is 16.4 Å². The number of aliphatic imine (C=N–C) groups is 1. The highest BCUT2D eigenvalue weighted by molar-refractivity contribution is 6.21. The maximum atomic E-state index is 13.0. The molecule has 206 valence electrons. The highest BCUT2D eigenvalue weighted by atomic mass is 16.2. The molecule has 0 saturated carbocycles. The van der Waals surface area contributed by atoms with Crippen molar-refractivity contribution in [2.24, 2.45) is 10.7 Å². The minimum Gasteiger partial charge on any atom is -0.399 e. The molecule has 0 aliphatic carbocycles. The van der Waals surface area contributed by atoms with Crippen molar-refractivity contribution in [3.05, 3.63) is 126 Å². The number of aromatic nitrogens is 2. The number of Topliss-reactive ketones (excluding diaryl/α,β-unsaturated/α-hetero) is 1. The second kappa shape index (κ2) is 13.1. The van der Waals surface area contributed by atoms with Gasteiger partial charge < -0.3 is 26.1 Å². The molecule has 5 N–H and O–H groups in total. The van der Waals surface area contributed by atoms with Crippen LogP contribution in [-0.4, -0.2) is 46.9 Å². The molecule has 2 heterocycles. The summed E-state index contributed by atoms with van der Waals surface area (Å²) < 4.78 is 0. The Morgan fingerprint density at radius 1 is 0.951 bits per heavy atom. The number of benzodiazepines with no additional fused rings is 1. The molecule has 4 aromatic carbocycles. The van der Waals surface area contributed by atoms with E-state index in [2.05, 4.69) is 15.0 Å². The smallest absolute Gasteiger partial charge is 0.266 e. The van der Waals surface area contributed by atoms with E-state index in [9.17, 15) is 9.59 Å². The Hall–Kier alpha value is -5.41. The molecule has 0 radical (unpaired) electrons. The molecule has 9 heteroatoms. The number of rotatable bonds is 4. The van der Waals surface area contributed by atoms with Crippen LogP contribution >= 0.6 is 0 Å². The predicted octanol–water partition coefficient (Wildman–Crippen LogP) is 4.31. The van der Waals surface area contributed by atoms with Crippen LogP contribution in [0.2, 0.25) is 0 Å². The summed E-state index contributed by atoms with van der Waals surface area (Å²) in [6.45, 7) is 3.87. The second-order valence-electron chi connectivity index (χ2n) is 9.20. The van der Waals surface area contributed by atoms with Crippen molar-refractivity contribution in [1.82, 2.24) is 9.97 Å². The lowest BCUT2D eigenvalue weighted by molar-refractivity contribution is -0.119. The average Bonchev–Trinajstić information content (AvgIpc) is 3.44. The number of ketones is 1. The highest BCUT2D eigenvalue weighted by Gasteiger charge is 2.31. The van der Waals surface area contributed by atoms with Gasteiger partial charge >= 0.3 is 0 Å². The average molecular weight is 547 g/mol. The lowest BCUT2D eigenvalue weighted by Gasteiger charge is -2.23. The van der Waals surface area contributed by atoms with E-state index in [4.69, 9.17) is 16.3 Å². The Labute approximate surface area is 237 Å². The Kier molecular flexibility index (Phi) is 9.13. The van der Waals surface area contributed by atoms with E-state index < -0.39 is 12.1 Å². The van der Waals surface area contributed by atoms with Crippen molar-refractivity contribution >= 4 is 46.6 Å². The zero-order valence-corrected chi connectivity index (χ0v) is 22.5. The summed E-state index contributed by atoms with van der Waals surface area (Å²) in [6.07, 6.45) is 0.577. The van der Waals surface area contributed by atoms with Crippen LogP contribution in [0.25, 0.3) is 11.0 Å². The number of nitrogens with two attached hydrogens (primary N) is 2. The summed E-state index contributed by atoms with van der Waals surface area (Å²) in [5, 5.41) is 0. The summed E-state index contributed by atoms with van der Waals surface area (Å²) in [5.74, 6) is -0.549. The van der Waals surface area contributed by atoms with Crippen molar-refractivity contribution in [2.75, 3.05) is 17.2 Å². The number of nitrogens with one attached hydrogen (secondary N) is 1. The molecule has 1 atom stereocenters. The first-order valence-corrected chi connectivity index (χ1v) is 12.8. The van der Waals surface area contributed by atoms with Gasteiger partial charge in [-0.2, -0.15) is 0 Å². The number of benzene rings is 4. The van der Waals surface area contributed by atoms with Gasteiger partial charge in [0.2, 0.25) is 0 Å². The van der Waals surface area contributed by atoms with Crippen LogP contribution in [-0.2, 0) is 9.59 Å². The van der Waals surface area contributed by atoms with Gasteiger partial charge in [0.15, 0.2) is 11.9 Å². The Morgan fingerprint density at radius 3 is 2.37 bits per heavy atom. The summed E-state index contributed by atoms with van der Waals surface area (Å²) in [6, 6.07) is 30.0. The fourth-order valence-corrected chi connectivity index (χ4v) is 4.37. The number of nitrogens with zero attached hydrogens (tertiary/aromatic N) is 3. The number of anilines is 2. The topological polar surface area (TPSA) is 148 Å². The van der Waals surface area contributed by atoms with E-state index in [1.165, 1.54) is 4.90 Å². The first-order chi connectivity index (χ1) is 19.9. The van der Waals surface area contributed by atoms with Crippen molar-refractivity contribution < 1.29 is 14.4 Å². The van der Waals surface area contributed by atoms with Gasteiger partial charge in [-0.25, -0.2) is 4.98 Å². The number of amides is 1. The zero-order chi connectivity index (χ0) is 29.4. The quantitative estimate of drug-likeness (QED) is 0.226. The molecular formula is C32H30N6O3. The molecule has 41 heavy (non-hydrogen) atoms. The molecule has 0 fully saturated rings. The maximum absolute atomic E-state index is 13.0. The molecule has 0 spiro atoms. The maximum Gasteiger partial charge on any atom is 0.266 e. The Balaban J connectivity index is 0.000000268.